The van der Waals surface area contributed by atoms with Crippen LogP contribution in [0, 0.1) is 31.6 Å². The highest BCUT2D eigenvalue weighted by atomic mass is 16.2. The fraction of sp³-hybridized carbons (Fsp3) is 0.312. The van der Waals surface area contributed by atoms with Crippen molar-refractivity contribution in [1.29, 1.82) is 0 Å². The molecule has 1 spiro atoms. The van der Waals surface area contributed by atoms with Crippen LogP contribution < -0.4 is 15.8 Å². The number of imide groups is 1. The van der Waals surface area contributed by atoms with Crippen LogP contribution in [-0.4, -0.2) is 27.4 Å². The molecular formula is C32H30N4O3. The summed E-state index contributed by atoms with van der Waals surface area (Å²) in [5, 5.41) is 4.29. The lowest BCUT2D eigenvalue weighted by atomic mass is 9.75. The van der Waals surface area contributed by atoms with E-state index in [1.54, 1.807) is 10.6 Å². The summed E-state index contributed by atoms with van der Waals surface area (Å²) in [5.41, 5.74) is 3.53. The number of nitrogens with zero attached hydrogens (tertiary/aromatic N) is 3. The number of aromatic nitrogens is 2. The van der Waals surface area contributed by atoms with Gasteiger partial charge in [0.05, 0.1) is 34.1 Å². The predicted octanol–water partition coefficient (Wildman–Crippen LogP) is 4.38. The lowest BCUT2D eigenvalue weighted by Gasteiger charge is -2.32. The van der Waals surface area contributed by atoms with E-state index >= 15 is 0 Å². The Morgan fingerprint density at radius 3 is 2.44 bits per heavy atom. The van der Waals surface area contributed by atoms with Crippen molar-refractivity contribution >= 4 is 28.4 Å². The molecule has 7 rings (SSSR count). The van der Waals surface area contributed by atoms with E-state index in [2.05, 4.69) is 19.2 Å². The first-order valence-electron chi connectivity index (χ1n) is 13.6. The van der Waals surface area contributed by atoms with Gasteiger partial charge in [0.2, 0.25) is 11.8 Å². The van der Waals surface area contributed by atoms with E-state index in [0.29, 0.717) is 40.4 Å². The van der Waals surface area contributed by atoms with E-state index < -0.39 is 17.4 Å². The van der Waals surface area contributed by atoms with Gasteiger partial charge in [-0.15, -0.1) is 0 Å². The van der Waals surface area contributed by atoms with Gasteiger partial charge in [0.15, 0.2) is 0 Å². The molecule has 0 bridgehead atoms. The predicted molar refractivity (Wildman–Crippen MR) is 150 cm³/mol. The molecule has 1 aromatic heterocycles. The van der Waals surface area contributed by atoms with Crippen LogP contribution in [0.15, 0.2) is 71.5 Å². The molecule has 0 aliphatic carbocycles. The summed E-state index contributed by atoms with van der Waals surface area (Å²) >= 11 is 0. The Kier molecular flexibility index (Phi) is 5.04. The van der Waals surface area contributed by atoms with Gasteiger partial charge in [0.25, 0.3) is 5.56 Å². The molecule has 0 radical (unpaired) electrons. The van der Waals surface area contributed by atoms with Gasteiger partial charge in [0, 0.05) is 11.6 Å². The summed E-state index contributed by atoms with van der Waals surface area (Å²) in [7, 11) is 0. The molecule has 7 nitrogen and oxygen atoms in total. The molecule has 39 heavy (non-hydrogen) atoms. The SMILES string of the molecule is Cc1ccc(N2C(=O)C3C(CC(C)C)NC4(c5ccccc5-n5c4nc4ccccc4c5=O)C3C2=O)cc1C. The molecule has 4 unspecified atom stereocenters. The van der Waals surface area contributed by atoms with Crippen LogP contribution in [0.25, 0.3) is 16.6 Å². The molecule has 2 fully saturated rings. The Morgan fingerprint density at radius 2 is 1.67 bits per heavy atom. The molecule has 2 amide bonds. The third-order valence-corrected chi connectivity index (χ3v) is 8.84. The number of rotatable bonds is 3. The van der Waals surface area contributed by atoms with Crippen molar-refractivity contribution in [2.24, 2.45) is 17.8 Å². The third-order valence-electron chi connectivity index (χ3n) is 8.84. The number of para-hydroxylation sites is 2. The zero-order valence-corrected chi connectivity index (χ0v) is 22.4. The average Bonchev–Trinajstić information content (AvgIpc) is 3.49. The maximum atomic E-state index is 14.5. The minimum Gasteiger partial charge on any atom is -0.297 e. The van der Waals surface area contributed by atoms with Crippen LogP contribution in [-0.2, 0) is 15.1 Å². The molecule has 0 saturated carbocycles. The molecule has 196 valence electrons. The van der Waals surface area contributed by atoms with Crippen molar-refractivity contribution in [1.82, 2.24) is 14.9 Å². The van der Waals surface area contributed by atoms with Crippen molar-refractivity contribution in [3.8, 4) is 5.69 Å². The largest absolute Gasteiger partial charge is 0.297 e. The van der Waals surface area contributed by atoms with Gasteiger partial charge in [-0.1, -0.05) is 50.2 Å². The quantitative estimate of drug-likeness (QED) is 0.407. The molecule has 4 aromatic rings. The molecule has 7 heteroatoms. The lowest BCUT2D eigenvalue weighted by molar-refractivity contribution is -0.123. The third kappa shape index (κ3) is 3.08. The van der Waals surface area contributed by atoms with Gasteiger partial charge in [-0.3, -0.25) is 24.3 Å². The normalized spacial score (nSPS) is 25.2. The molecule has 3 aromatic carbocycles. The zero-order valence-electron chi connectivity index (χ0n) is 22.4. The second-order valence-electron chi connectivity index (χ2n) is 11.6. The van der Waals surface area contributed by atoms with Crippen molar-refractivity contribution < 1.29 is 9.59 Å². The molecular weight excluding hydrogens is 488 g/mol. The highest BCUT2D eigenvalue weighted by Crippen LogP contribution is 2.56. The molecule has 2 saturated heterocycles. The highest BCUT2D eigenvalue weighted by molar-refractivity contribution is 6.23. The summed E-state index contributed by atoms with van der Waals surface area (Å²) in [4.78, 5) is 49.0. The Bertz CT molecular complexity index is 1770. The number of amides is 2. The van der Waals surface area contributed by atoms with E-state index in [-0.39, 0.29) is 23.4 Å². The fourth-order valence-electron chi connectivity index (χ4n) is 7.05. The van der Waals surface area contributed by atoms with E-state index in [1.807, 2.05) is 74.5 Å². The monoisotopic (exact) mass is 518 g/mol. The lowest BCUT2D eigenvalue weighted by Crippen LogP contribution is -2.50. The van der Waals surface area contributed by atoms with E-state index in [9.17, 15) is 14.4 Å². The van der Waals surface area contributed by atoms with Crippen LogP contribution >= 0.6 is 0 Å². The molecule has 1 N–H and O–H groups in total. The minimum atomic E-state index is -1.11. The first-order chi connectivity index (χ1) is 18.7. The van der Waals surface area contributed by atoms with Crippen LogP contribution in [0.5, 0.6) is 0 Å². The average molecular weight is 519 g/mol. The Morgan fingerprint density at radius 1 is 0.923 bits per heavy atom. The second kappa shape index (κ2) is 8.20. The van der Waals surface area contributed by atoms with Crippen molar-refractivity contribution in [3.05, 3.63) is 99.6 Å². The van der Waals surface area contributed by atoms with Gasteiger partial charge in [-0.25, -0.2) is 9.88 Å². The molecule has 4 atom stereocenters. The maximum Gasteiger partial charge on any atom is 0.266 e. The van der Waals surface area contributed by atoms with E-state index in [0.717, 1.165) is 16.7 Å². The van der Waals surface area contributed by atoms with E-state index in [1.165, 1.54) is 4.90 Å². The molecule has 3 aliphatic rings. The van der Waals surface area contributed by atoms with Gasteiger partial charge in [-0.2, -0.15) is 0 Å². The highest BCUT2D eigenvalue weighted by Gasteiger charge is 2.69. The molecule has 3 aliphatic heterocycles. The zero-order chi connectivity index (χ0) is 27.2. The second-order valence-corrected chi connectivity index (χ2v) is 11.6. The first kappa shape index (κ1) is 24.0. The Balaban J connectivity index is 1.51. The fourth-order valence-corrected chi connectivity index (χ4v) is 7.05. The number of anilines is 1. The Hall–Kier alpha value is -4.10. The number of hydrogen-bond acceptors (Lipinski definition) is 5. The summed E-state index contributed by atoms with van der Waals surface area (Å²) in [5.74, 6) is -0.986. The van der Waals surface area contributed by atoms with Crippen LogP contribution in [0.4, 0.5) is 5.69 Å². The smallest absolute Gasteiger partial charge is 0.266 e. The van der Waals surface area contributed by atoms with Gasteiger partial charge in [-0.05, 0) is 67.6 Å². The number of benzene rings is 3. The van der Waals surface area contributed by atoms with Gasteiger partial charge >= 0.3 is 0 Å². The summed E-state index contributed by atoms with van der Waals surface area (Å²) in [6, 6.07) is 20.4. The maximum absolute atomic E-state index is 14.5. The first-order valence-corrected chi connectivity index (χ1v) is 13.6. The van der Waals surface area contributed by atoms with Crippen molar-refractivity contribution in [2.45, 2.75) is 45.7 Å². The molecule has 4 heterocycles. The number of carbonyl (C=O) groups is 2. The number of carbonyl (C=O) groups excluding carboxylic acids is 2. The number of fused-ring (bicyclic) bond motifs is 8. The number of aryl methyl sites for hydroxylation is 2. The van der Waals surface area contributed by atoms with Crippen LogP contribution in [0.2, 0.25) is 0 Å². The number of nitrogens with one attached hydrogen (secondary N) is 1. The summed E-state index contributed by atoms with van der Waals surface area (Å²) in [6.45, 7) is 8.24. The topological polar surface area (TPSA) is 84.3 Å². The minimum absolute atomic E-state index is 0.173. The summed E-state index contributed by atoms with van der Waals surface area (Å²) < 4.78 is 1.65. The van der Waals surface area contributed by atoms with Crippen LogP contribution in [0.1, 0.15) is 42.8 Å². The van der Waals surface area contributed by atoms with Crippen LogP contribution in [0.3, 0.4) is 0 Å². The summed E-state index contributed by atoms with van der Waals surface area (Å²) in [6.07, 6.45) is 0.711. The van der Waals surface area contributed by atoms with Crippen molar-refractivity contribution in [3.63, 3.8) is 0 Å². The van der Waals surface area contributed by atoms with Crippen molar-refractivity contribution in [2.75, 3.05) is 4.90 Å². The standard InChI is InChI=1S/C32H30N4O3/c1-17(2)15-24-26-27(30(39)35(29(26)38)20-14-13-18(3)19(4)16-20)32(34-24)22-10-6-8-12-25(22)36-28(37)21-9-5-7-11-23(21)33-31(32)36/h5-14,16-17,24,26-27,34H,15H2,1-4H3. The van der Waals surface area contributed by atoms with Gasteiger partial charge in [0.1, 0.15) is 11.4 Å². The van der Waals surface area contributed by atoms with Gasteiger partial charge < -0.3 is 0 Å². The number of hydrogen-bond donors (Lipinski definition) is 1. The Labute approximate surface area is 226 Å². The van der Waals surface area contributed by atoms with E-state index in [4.69, 9.17) is 4.98 Å².